The summed E-state index contributed by atoms with van der Waals surface area (Å²) in [6.07, 6.45) is 0. The average Bonchev–Trinajstić information content (AvgIpc) is 2.48. The first-order chi connectivity index (χ1) is 10.8. The molecule has 0 saturated heterocycles. The van der Waals surface area contributed by atoms with E-state index in [-0.39, 0.29) is 17.2 Å². The van der Waals surface area contributed by atoms with E-state index in [1.165, 1.54) is 6.92 Å². The Morgan fingerprint density at radius 2 is 1.52 bits per heavy atom. The van der Waals surface area contributed by atoms with E-state index < -0.39 is 5.91 Å². The van der Waals surface area contributed by atoms with Crippen LogP contribution < -0.4 is 10.6 Å². The molecule has 5 nitrogen and oxygen atoms in total. The molecule has 0 aliphatic carbocycles. The molecule has 0 bridgehead atoms. The maximum atomic E-state index is 12.4. The summed E-state index contributed by atoms with van der Waals surface area (Å²) in [5.41, 5.74) is 3.79. The fourth-order valence-electron chi connectivity index (χ4n) is 2.27. The van der Waals surface area contributed by atoms with Gasteiger partial charge in [0.15, 0.2) is 0 Å². The first kappa shape index (κ1) is 16.5. The van der Waals surface area contributed by atoms with Crippen molar-refractivity contribution in [3.8, 4) is 5.75 Å². The second-order valence-electron chi connectivity index (χ2n) is 5.52. The predicted molar refractivity (Wildman–Crippen MR) is 91.0 cm³/mol. The quantitative estimate of drug-likeness (QED) is 0.811. The van der Waals surface area contributed by atoms with Crippen molar-refractivity contribution >= 4 is 23.2 Å². The van der Waals surface area contributed by atoms with Gasteiger partial charge in [0.1, 0.15) is 5.75 Å². The van der Waals surface area contributed by atoms with Crippen LogP contribution >= 0.6 is 0 Å². The van der Waals surface area contributed by atoms with Crippen LogP contribution in [-0.2, 0) is 4.79 Å². The second-order valence-corrected chi connectivity index (χ2v) is 5.52. The summed E-state index contributed by atoms with van der Waals surface area (Å²) in [5.74, 6) is -0.588. The van der Waals surface area contributed by atoms with Gasteiger partial charge in [0, 0.05) is 18.3 Å². The maximum Gasteiger partial charge on any atom is 0.259 e. The second kappa shape index (κ2) is 6.52. The average molecular weight is 312 g/mol. The van der Waals surface area contributed by atoms with Gasteiger partial charge in [-0.05, 0) is 55.7 Å². The first-order valence-electron chi connectivity index (χ1n) is 7.29. The molecule has 0 atom stereocenters. The van der Waals surface area contributed by atoms with Crippen molar-refractivity contribution in [3.63, 3.8) is 0 Å². The number of hydrogen-bond donors (Lipinski definition) is 3. The van der Waals surface area contributed by atoms with E-state index in [9.17, 15) is 14.7 Å². The van der Waals surface area contributed by atoms with Gasteiger partial charge in [-0.3, -0.25) is 9.59 Å². The first-order valence-corrected chi connectivity index (χ1v) is 7.29. The van der Waals surface area contributed by atoms with Gasteiger partial charge in [-0.25, -0.2) is 0 Å². The van der Waals surface area contributed by atoms with Gasteiger partial charge in [0.25, 0.3) is 5.91 Å². The molecule has 2 aromatic rings. The number of phenolic OH excluding ortho intramolecular Hbond substituents is 1. The molecule has 0 radical (unpaired) electrons. The molecule has 0 fully saturated rings. The van der Waals surface area contributed by atoms with Crippen LogP contribution in [0.3, 0.4) is 0 Å². The molecule has 3 N–H and O–H groups in total. The number of phenols is 1. The van der Waals surface area contributed by atoms with E-state index >= 15 is 0 Å². The Balaban J connectivity index is 2.31. The molecule has 0 saturated carbocycles. The number of amides is 2. The lowest BCUT2D eigenvalue weighted by Crippen LogP contribution is -2.15. The van der Waals surface area contributed by atoms with Crippen molar-refractivity contribution in [1.82, 2.24) is 0 Å². The van der Waals surface area contributed by atoms with Crippen molar-refractivity contribution in [2.45, 2.75) is 27.7 Å². The fourth-order valence-corrected chi connectivity index (χ4v) is 2.27. The maximum absolute atomic E-state index is 12.4. The number of carbonyl (C=O) groups is 2. The number of aryl methyl sites for hydroxylation is 1. The smallest absolute Gasteiger partial charge is 0.259 e. The molecule has 5 heteroatoms. The van der Waals surface area contributed by atoms with Crippen LogP contribution in [0.2, 0.25) is 0 Å². The van der Waals surface area contributed by atoms with E-state index in [0.717, 1.165) is 11.1 Å². The molecular formula is C18H20N2O3. The highest BCUT2D eigenvalue weighted by molar-refractivity contribution is 6.07. The van der Waals surface area contributed by atoms with Gasteiger partial charge < -0.3 is 15.7 Å². The summed E-state index contributed by atoms with van der Waals surface area (Å²) in [7, 11) is 0. The third kappa shape index (κ3) is 3.51. The lowest BCUT2D eigenvalue weighted by atomic mass is 10.0. The van der Waals surface area contributed by atoms with Crippen LogP contribution in [0, 0.1) is 20.8 Å². The Hall–Kier alpha value is -2.82. The molecular weight excluding hydrogens is 292 g/mol. The highest BCUT2D eigenvalue weighted by Crippen LogP contribution is 2.28. The van der Waals surface area contributed by atoms with Crippen molar-refractivity contribution < 1.29 is 14.7 Å². The zero-order valence-electron chi connectivity index (χ0n) is 13.7. The number of benzene rings is 2. The summed E-state index contributed by atoms with van der Waals surface area (Å²) < 4.78 is 0. The summed E-state index contributed by atoms with van der Waals surface area (Å²) in [6, 6.07) is 8.65. The largest absolute Gasteiger partial charge is 0.507 e. The summed E-state index contributed by atoms with van der Waals surface area (Å²) in [6.45, 7) is 6.88. The molecule has 0 heterocycles. The standard InChI is InChI=1S/C18H20N2O3/c1-10-8-9-14(17(22)11(10)2)18(23)20-16-7-5-6-15(12(16)3)19-13(4)21/h5-9,22H,1-4H3,(H,19,21)(H,20,23). The third-order valence-electron chi connectivity index (χ3n) is 3.84. The van der Waals surface area contributed by atoms with Crippen molar-refractivity contribution in [1.29, 1.82) is 0 Å². The monoisotopic (exact) mass is 312 g/mol. The molecule has 23 heavy (non-hydrogen) atoms. The lowest BCUT2D eigenvalue weighted by Gasteiger charge is -2.14. The molecule has 0 spiro atoms. The van der Waals surface area contributed by atoms with Crippen LogP contribution in [0.5, 0.6) is 5.75 Å². The number of hydrogen-bond acceptors (Lipinski definition) is 3. The molecule has 0 aliphatic heterocycles. The van der Waals surface area contributed by atoms with E-state index in [2.05, 4.69) is 10.6 Å². The van der Waals surface area contributed by atoms with Gasteiger partial charge in [0.05, 0.1) is 5.56 Å². The minimum absolute atomic E-state index is 0.0156. The fraction of sp³-hybridized carbons (Fsp3) is 0.222. The number of rotatable bonds is 3. The normalized spacial score (nSPS) is 10.3. The number of anilines is 2. The molecule has 0 aliphatic rings. The van der Waals surface area contributed by atoms with Crippen LogP contribution in [0.4, 0.5) is 11.4 Å². The lowest BCUT2D eigenvalue weighted by molar-refractivity contribution is -0.114. The Kier molecular flexibility index (Phi) is 4.69. The Morgan fingerprint density at radius 3 is 2.13 bits per heavy atom. The van der Waals surface area contributed by atoms with Gasteiger partial charge in [-0.2, -0.15) is 0 Å². The predicted octanol–water partition coefficient (Wildman–Crippen LogP) is 3.53. The SMILES string of the molecule is CC(=O)Nc1cccc(NC(=O)c2ccc(C)c(C)c2O)c1C. The third-order valence-corrected chi connectivity index (χ3v) is 3.84. The van der Waals surface area contributed by atoms with Gasteiger partial charge >= 0.3 is 0 Å². The minimum atomic E-state index is -0.395. The Bertz CT molecular complexity index is 782. The van der Waals surface area contributed by atoms with Crippen molar-refractivity contribution in [2.75, 3.05) is 10.6 Å². The zero-order valence-corrected chi connectivity index (χ0v) is 13.7. The van der Waals surface area contributed by atoms with Gasteiger partial charge in [-0.1, -0.05) is 12.1 Å². The highest BCUT2D eigenvalue weighted by atomic mass is 16.3. The molecule has 0 unspecified atom stereocenters. The Labute approximate surface area is 135 Å². The number of nitrogens with one attached hydrogen (secondary N) is 2. The van der Waals surface area contributed by atoms with Crippen LogP contribution in [0.1, 0.15) is 34.0 Å². The van der Waals surface area contributed by atoms with Crippen molar-refractivity contribution in [2.24, 2.45) is 0 Å². The Morgan fingerprint density at radius 1 is 0.913 bits per heavy atom. The molecule has 2 rings (SSSR count). The van der Waals surface area contributed by atoms with Gasteiger partial charge in [0.2, 0.25) is 5.91 Å². The van der Waals surface area contributed by atoms with E-state index in [1.54, 1.807) is 44.2 Å². The van der Waals surface area contributed by atoms with Gasteiger partial charge in [-0.15, -0.1) is 0 Å². The van der Waals surface area contributed by atoms with E-state index in [0.29, 0.717) is 16.9 Å². The zero-order chi connectivity index (χ0) is 17.1. The summed E-state index contributed by atoms with van der Waals surface area (Å²) in [5, 5.41) is 15.6. The highest BCUT2D eigenvalue weighted by Gasteiger charge is 2.15. The topological polar surface area (TPSA) is 78.4 Å². The van der Waals surface area contributed by atoms with Crippen molar-refractivity contribution in [3.05, 3.63) is 52.6 Å². The number of aromatic hydroxyl groups is 1. The van der Waals surface area contributed by atoms with Crippen LogP contribution in [-0.4, -0.2) is 16.9 Å². The van der Waals surface area contributed by atoms with E-state index in [1.807, 2.05) is 6.92 Å². The minimum Gasteiger partial charge on any atom is -0.507 e. The molecule has 0 aromatic heterocycles. The molecule has 2 aromatic carbocycles. The van der Waals surface area contributed by atoms with E-state index in [4.69, 9.17) is 0 Å². The molecule has 2 amide bonds. The van der Waals surface area contributed by atoms with Crippen LogP contribution in [0.15, 0.2) is 30.3 Å². The summed E-state index contributed by atoms with van der Waals surface area (Å²) >= 11 is 0. The number of carbonyl (C=O) groups excluding carboxylic acids is 2. The van der Waals surface area contributed by atoms with Crippen LogP contribution in [0.25, 0.3) is 0 Å². The summed E-state index contributed by atoms with van der Waals surface area (Å²) in [4.78, 5) is 23.6. The molecule has 120 valence electrons.